The van der Waals surface area contributed by atoms with Crippen LogP contribution < -0.4 is 10.1 Å². The molecular weight excluding hydrogens is 402 g/mol. The Bertz CT molecular complexity index is 818. The predicted molar refractivity (Wildman–Crippen MR) is 110 cm³/mol. The van der Waals surface area contributed by atoms with Crippen LogP contribution in [0.1, 0.15) is 23.2 Å². The quantitative estimate of drug-likeness (QED) is 0.771. The van der Waals surface area contributed by atoms with Crippen LogP contribution in [0.2, 0.25) is 5.02 Å². The van der Waals surface area contributed by atoms with Gasteiger partial charge in [0.05, 0.1) is 0 Å². The van der Waals surface area contributed by atoms with E-state index in [2.05, 4.69) is 5.32 Å². The Morgan fingerprint density at radius 1 is 1.07 bits per heavy atom. The summed E-state index contributed by atoms with van der Waals surface area (Å²) < 4.78 is 20.0. The number of hydrogen-bond acceptors (Lipinski definition) is 3. The summed E-state index contributed by atoms with van der Waals surface area (Å²) in [6, 6.07) is 11.1. The molecule has 1 amide bonds. The SMILES string of the molecule is Cl.O=C(c1ccc(Oc2ccc(Cl)cc2)c(F)c1)N1CC[C@@H]2CNC[C@@H]2CC1. The molecule has 0 radical (unpaired) electrons. The summed E-state index contributed by atoms with van der Waals surface area (Å²) in [5, 5.41) is 4.01. The molecule has 0 unspecified atom stereocenters. The van der Waals surface area contributed by atoms with Gasteiger partial charge in [-0.1, -0.05) is 11.6 Å². The lowest BCUT2D eigenvalue weighted by atomic mass is 9.92. The number of carbonyl (C=O) groups is 1. The second-order valence-corrected chi connectivity index (χ2v) is 7.69. The molecule has 7 heteroatoms. The molecule has 0 saturated carbocycles. The summed E-state index contributed by atoms with van der Waals surface area (Å²) >= 11 is 5.84. The van der Waals surface area contributed by atoms with Gasteiger partial charge in [-0.25, -0.2) is 4.39 Å². The fraction of sp³-hybridized carbons (Fsp3) is 0.381. The van der Waals surface area contributed by atoms with E-state index in [1.165, 1.54) is 12.1 Å². The molecular formula is C21H23Cl2FN2O2. The Morgan fingerprint density at radius 3 is 2.32 bits per heavy atom. The molecule has 2 aromatic rings. The van der Waals surface area contributed by atoms with Crippen molar-refractivity contribution >= 4 is 29.9 Å². The predicted octanol–water partition coefficient (Wildman–Crippen LogP) is 4.76. The lowest BCUT2D eigenvalue weighted by Crippen LogP contribution is -2.32. The van der Waals surface area contributed by atoms with Crippen molar-refractivity contribution in [3.8, 4) is 11.5 Å². The van der Waals surface area contributed by atoms with E-state index < -0.39 is 5.82 Å². The first-order chi connectivity index (χ1) is 13.1. The van der Waals surface area contributed by atoms with Crippen molar-refractivity contribution in [3.05, 3.63) is 58.9 Å². The third kappa shape index (κ3) is 4.59. The normalized spacial score (nSPS) is 21.4. The molecule has 0 spiro atoms. The van der Waals surface area contributed by atoms with Crippen molar-refractivity contribution in [2.45, 2.75) is 12.8 Å². The second kappa shape index (κ2) is 9.12. The Labute approximate surface area is 175 Å². The van der Waals surface area contributed by atoms with Crippen LogP contribution in [0.3, 0.4) is 0 Å². The highest BCUT2D eigenvalue weighted by atomic mass is 35.5. The van der Waals surface area contributed by atoms with Gasteiger partial charge in [0.25, 0.3) is 5.91 Å². The van der Waals surface area contributed by atoms with Gasteiger partial charge in [-0.15, -0.1) is 12.4 Å². The smallest absolute Gasteiger partial charge is 0.253 e. The van der Waals surface area contributed by atoms with Gasteiger partial charge >= 0.3 is 0 Å². The summed E-state index contributed by atoms with van der Waals surface area (Å²) in [5.74, 6) is 1.21. The highest BCUT2D eigenvalue weighted by Crippen LogP contribution is 2.29. The number of carbonyl (C=O) groups excluding carboxylic acids is 1. The Balaban J connectivity index is 0.00000225. The number of nitrogens with zero attached hydrogens (tertiary/aromatic N) is 1. The van der Waals surface area contributed by atoms with Crippen LogP contribution >= 0.6 is 24.0 Å². The average Bonchev–Trinajstić information content (AvgIpc) is 3.03. The molecule has 4 rings (SSSR count). The van der Waals surface area contributed by atoms with Crippen LogP contribution in [-0.2, 0) is 0 Å². The van der Waals surface area contributed by atoms with Crippen LogP contribution in [0.4, 0.5) is 4.39 Å². The molecule has 2 heterocycles. The van der Waals surface area contributed by atoms with Crippen LogP contribution in [-0.4, -0.2) is 37.0 Å². The van der Waals surface area contributed by atoms with Crippen molar-refractivity contribution in [2.24, 2.45) is 11.8 Å². The fourth-order valence-electron chi connectivity index (χ4n) is 3.95. The van der Waals surface area contributed by atoms with Gasteiger partial charge in [0.2, 0.25) is 0 Å². The lowest BCUT2D eigenvalue weighted by molar-refractivity contribution is 0.0758. The maximum atomic E-state index is 14.5. The van der Waals surface area contributed by atoms with E-state index in [0.717, 1.165) is 39.0 Å². The van der Waals surface area contributed by atoms with Crippen molar-refractivity contribution < 1.29 is 13.9 Å². The number of fused-ring (bicyclic) bond motifs is 1. The zero-order valence-electron chi connectivity index (χ0n) is 15.4. The van der Waals surface area contributed by atoms with Crippen molar-refractivity contribution in [2.75, 3.05) is 26.2 Å². The molecule has 2 atom stereocenters. The summed E-state index contributed by atoms with van der Waals surface area (Å²) in [6.45, 7) is 3.54. The molecule has 0 bridgehead atoms. The van der Waals surface area contributed by atoms with Crippen molar-refractivity contribution in [1.29, 1.82) is 0 Å². The number of benzene rings is 2. The molecule has 2 saturated heterocycles. The number of hydrogen-bond donors (Lipinski definition) is 1. The maximum Gasteiger partial charge on any atom is 0.253 e. The summed E-state index contributed by atoms with van der Waals surface area (Å²) in [4.78, 5) is 14.7. The monoisotopic (exact) mass is 424 g/mol. The minimum absolute atomic E-state index is 0. The van der Waals surface area contributed by atoms with E-state index in [0.29, 0.717) is 28.2 Å². The van der Waals surface area contributed by atoms with Crippen molar-refractivity contribution in [1.82, 2.24) is 10.2 Å². The first-order valence-corrected chi connectivity index (χ1v) is 9.71. The zero-order valence-corrected chi connectivity index (χ0v) is 16.9. The van der Waals surface area contributed by atoms with E-state index in [-0.39, 0.29) is 24.1 Å². The number of nitrogens with one attached hydrogen (secondary N) is 1. The third-order valence-corrected chi connectivity index (χ3v) is 5.78. The molecule has 150 valence electrons. The molecule has 2 aromatic carbocycles. The largest absolute Gasteiger partial charge is 0.454 e. The Hall–Kier alpha value is -1.82. The van der Waals surface area contributed by atoms with E-state index >= 15 is 0 Å². The zero-order chi connectivity index (χ0) is 18.8. The summed E-state index contributed by atoms with van der Waals surface area (Å²) in [7, 11) is 0. The molecule has 0 aromatic heterocycles. The minimum atomic E-state index is -0.549. The van der Waals surface area contributed by atoms with Gasteiger partial charge in [-0.3, -0.25) is 4.79 Å². The van der Waals surface area contributed by atoms with Gasteiger partial charge in [0, 0.05) is 23.7 Å². The first kappa shape index (κ1) is 20.9. The highest BCUT2D eigenvalue weighted by Gasteiger charge is 2.31. The molecule has 2 aliphatic rings. The van der Waals surface area contributed by atoms with Gasteiger partial charge in [0.15, 0.2) is 11.6 Å². The number of amides is 1. The van der Waals surface area contributed by atoms with Gasteiger partial charge in [0.1, 0.15) is 5.75 Å². The van der Waals surface area contributed by atoms with E-state index in [1.807, 2.05) is 4.90 Å². The maximum absolute atomic E-state index is 14.5. The van der Waals surface area contributed by atoms with Crippen molar-refractivity contribution in [3.63, 3.8) is 0 Å². The van der Waals surface area contributed by atoms with Gasteiger partial charge < -0.3 is 15.0 Å². The van der Waals surface area contributed by atoms with E-state index in [4.69, 9.17) is 16.3 Å². The molecule has 1 N–H and O–H groups in total. The fourth-order valence-corrected chi connectivity index (χ4v) is 4.08. The third-order valence-electron chi connectivity index (χ3n) is 5.53. The molecule has 2 aliphatic heterocycles. The lowest BCUT2D eigenvalue weighted by Gasteiger charge is -2.21. The second-order valence-electron chi connectivity index (χ2n) is 7.25. The minimum Gasteiger partial charge on any atom is -0.454 e. The van der Waals surface area contributed by atoms with E-state index in [9.17, 15) is 9.18 Å². The summed E-state index contributed by atoms with van der Waals surface area (Å²) in [6.07, 6.45) is 2.01. The topological polar surface area (TPSA) is 41.6 Å². The number of rotatable bonds is 3. The van der Waals surface area contributed by atoms with E-state index in [1.54, 1.807) is 30.3 Å². The number of likely N-dealkylation sites (tertiary alicyclic amines) is 1. The standard InChI is InChI=1S/C21H22ClFN2O2.ClH/c22-17-2-4-18(5-3-17)27-20-6-1-14(11-19(20)23)21(26)25-9-7-15-12-24-13-16(15)8-10-25;/h1-6,11,15-16,24H,7-10,12-13H2;1H/t15-,16+;. The van der Waals surface area contributed by atoms with Crippen LogP contribution in [0.15, 0.2) is 42.5 Å². The first-order valence-electron chi connectivity index (χ1n) is 9.33. The Morgan fingerprint density at radius 2 is 1.71 bits per heavy atom. The van der Waals surface area contributed by atoms with Crippen LogP contribution in [0, 0.1) is 17.7 Å². The van der Waals surface area contributed by atoms with Crippen LogP contribution in [0.5, 0.6) is 11.5 Å². The molecule has 28 heavy (non-hydrogen) atoms. The van der Waals surface area contributed by atoms with Crippen LogP contribution in [0.25, 0.3) is 0 Å². The van der Waals surface area contributed by atoms with Gasteiger partial charge in [-0.05, 0) is 80.2 Å². The summed E-state index contributed by atoms with van der Waals surface area (Å²) in [5.41, 5.74) is 0.362. The molecule has 4 nitrogen and oxygen atoms in total. The van der Waals surface area contributed by atoms with Gasteiger partial charge in [-0.2, -0.15) is 0 Å². The average molecular weight is 425 g/mol. The number of halogens is 3. The molecule has 0 aliphatic carbocycles. The molecule has 2 fully saturated rings. The number of ether oxygens (including phenoxy) is 1. The Kier molecular flexibility index (Phi) is 6.81. The highest BCUT2D eigenvalue weighted by molar-refractivity contribution is 6.30.